The highest BCUT2D eigenvalue weighted by atomic mass is 16.5. The normalized spacial score (nSPS) is 20.2. The predicted octanol–water partition coefficient (Wildman–Crippen LogP) is 2.73. The molecular weight excluding hydrogens is 284 g/mol. The van der Waals surface area contributed by atoms with Crippen LogP contribution in [0.2, 0.25) is 0 Å². The number of fused-ring (bicyclic) bond motifs is 1. The van der Waals surface area contributed by atoms with E-state index in [-0.39, 0.29) is 11.5 Å². The van der Waals surface area contributed by atoms with Crippen LogP contribution in [0.4, 0.5) is 0 Å². The summed E-state index contributed by atoms with van der Waals surface area (Å²) in [4.78, 5) is 12.5. The Morgan fingerprint density at radius 3 is 2.59 bits per heavy atom. The Labute approximate surface area is 128 Å². The molecular formula is C17H16O5. The third-order valence-electron chi connectivity index (χ3n) is 3.73. The molecule has 22 heavy (non-hydrogen) atoms. The van der Waals surface area contributed by atoms with Crippen molar-refractivity contribution in [2.75, 3.05) is 14.2 Å². The lowest BCUT2D eigenvalue weighted by molar-refractivity contribution is -0.000684. The Morgan fingerprint density at radius 1 is 1.14 bits per heavy atom. The number of ketones is 1. The van der Waals surface area contributed by atoms with E-state index < -0.39 is 12.2 Å². The summed E-state index contributed by atoms with van der Waals surface area (Å²) >= 11 is 0. The van der Waals surface area contributed by atoms with Crippen molar-refractivity contribution in [1.82, 2.24) is 0 Å². The van der Waals surface area contributed by atoms with E-state index in [0.717, 1.165) is 0 Å². The molecule has 5 heteroatoms. The van der Waals surface area contributed by atoms with E-state index in [1.54, 1.807) is 30.3 Å². The summed E-state index contributed by atoms with van der Waals surface area (Å²) in [6.45, 7) is 0. The lowest BCUT2D eigenvalue weighted by atomic mass is 9.93. The summed E-state index contributed by atoms with van der Waals surface area (Å²) in [5.41, 5.74) is 1.15. The predicted molar refractivity (Wildman–Crippen MR) is 79.6 cm³/mol. The molecule has 114 valence electrons. The zero-order valence-corrected chi connectivity index (χ0v) is 12.3. The van der Waals surface area contributed by atoms with Crippen LogP contribution in [-0.4, -0.2) is 31.2 Å². The maximum atomic E-state index is 12.5. The molecule has 0 amide bonds. The monoisotopic (exact) mass is 300 g/mol. The Kier molecular flexibility index (Phi) is 3.73. The van der Waals surface area contributed by atoms with Crippen molar-refractivity contribution in [2.24, 2.45) is 0 Å². The van der Waals surface area contributed by atoms with Crippen LogP contribution < -0.4 is 9.47 Å². The number of methoxy groups -OCH3 is 2. The summed E-state index contributed by atoms with van der Waals surface area (Å²) in [5.74, 6) is 0.732. The van der Waals surface area contributed by atoms with Gasteiger partial charge in [0.25, 0.3) is 0 Å². The molecule has 2 unspecified atom stereocenters. The van der Waals surface area contributed by atoms with Gasteiger partial charge in [-0.05, 0) is 29.8 Å². The van der Waals surface area contributed by atoms with Gasteiger partial charge < -0.3 is 19.3 Å². The minimum absolute atomic E-state index is 0.00948. The highest BCUT2D eigenvalue weighted by Gasteiger charge is 2.38. The minimum Gasteiger partial charge on any atom is -0.504 e. The van der Waals surface area contributed by atoms with Crippen LogP contribution in [0.25, 0.3) is 0 Å². The largest absolute Gasteiger partial charge is 0.504 e. The Hall–Kier alpha value is -2.53. The molecule has 1 heterocycles. The lowest BCUT2D eigenvalue weighted by Gasteiger charge is -2.31. The number of phenolic OH excluding ortho intramolecular Hbond substituents is 1. The number of hydrogen-bond donors (Lipinski definition) is 1. The number of para-hydroxylation sites is 1. The SMILES string of the molecule is COc1ccc(C2Oc3ccccc3C(=O)C2OC)cc1O. The fourth-order valence-electron chi connectivity index (χ4n) is 2.62. The maximum absolute atomic E-state index is 12.5. The molecule has 2 aromatic carbocycles. The van der Waals surface area contributed by atoms with Crippen LogP contribution in [-0.2, 0) is 4.74 Å². The van der Waals surface area contributed by atoms with Crippen molar-refractivity contribution < 1.29 is 24.1 Å². The first kappa shape index (κ1) is 14.4. The molecule has 2 aromatic rings. The number of ether oxygens (including phenoxy) is 3. The Balaban J connectivity index is 2.03. The van der Waals surface area contributed by atoms with Gasteiger partial charge in [0.15, 0.2) is 29.5 Å². The molecule has 0 saturated carbocycles. The van der Waals surface area contributed by atoms with Crippen LogP contribution in [0.3, 0.4) is 0 Å². The summed E-state index contributed by atoms with van der Waals surface area (Å²) in [6, 6.07) is 12.0. The van der Waals surface area contributed by atoms with Crippen LogP contribution in [0.1, 0.15) is 22.0 Å². The van der Waals surface area contributed by atoms with E-state index in [0.29, 0.717) is 22.6 Å². The molecule has 0 bridgehead atoms. The van der Waals surface area contributed by atoms with Crippen LogP contribution in [0.5, 0.6) is 17.2 Å². The second kappa shape index (κ2) is 5.69. The molecule has 1 aliphatic rings. The van der Waals surface area contributed by atoms with Gasteiger partial charge in [0.1, 0.15) is 5.75 Å². The molecule has 3 rings (SSSR count). The van der Waals surface area contributed by atoms with Gasteiger partial charge in [0.2, 0.25) is 0 Å². The average Bonchev–Trinajstić information content (AvgIpc) is 2.54. The molecule has 1 aliphatic heterocycles. The van der Waals surface area contributed by atoms with Gasteiger partial charge in [0, 0.05) is 7.11 Å². The van der Waals surface area contributed by atoms with Gasteiger partial charge in [-0.2, -0.15) is 0 Å². The quantitative estimate of drug-likeness (QED) is 0.944. The molecule has 0 aliphatic carbocycles. The lowest BCUT2D eigenvalue weighted by Crippen LogP contribution is -2.37. The van der Waals surface area contributed by atoms with Crippen molar-refractivity contribution in [3.8, 4) is 17.2 Å². The first-order valence-electron chi connectivity index (χ1n) is 6.85. The molecule has 2 atom stereocenters. The zero-order chi connectivity index (χ0) is 15.7. The number of Topliss-reactive ketones (excluding diaryl/α,β-unsaturated/α-hetero) is 1. The number of hydrogen-bond acceptors (Lipinski definition) is 5. The van der Waals surface area contributed by atoms with Crippen molar-refractivity contribution in [2.45, 2.75) is 12.2 Å². The maximum Gasteiger partial charge on any atom is 0.199 e. The number of carbonyl (C=O) groups excluding carboxylic acids is 1. The second-order valence-electron chi connectivity index (χ2n) is 4.99. The van der Waals surface area contributed by atoms with Gasteiger partial charge in [0.05, 0.1) is 12.7 Å². The molecule has 0 radical (unpaired) electrons. The number of phenols is 1. The fraction of sp³-hybridized carbons (Fsp3) is 0.235. The van der Waals surface area contributed by atoms with Gasteiger partial charge in [-0.15, -0.1) is 0 Å². The van der Waals surface area contributed by atoms with E-state index in [9.17, 15) is 9.90 Å². The molecule has 0 aromatic heterocycles. The van der Waals surface area contributed by atoms with E-state index in [1.807, 2.05) is 6.07 Å². The Bertz CT molecular complexity index is 710. The topological polar surface area (TPSA) is 65.0 Å². The van der Waals surface area contributed by atoms with Crippen LogP contribution >= 0.6 is 0 Å². The summed E-state index contributed by atoms with van der Waals surface area (Å²) in [6.07, 6.45) is -1.38. The van der Waals surface area contributed by atoms with E-state index in [4.69, 9.17) is 14.2 Å². The van der Waals surface area contributed by atoms with Crippen molar-refractivity contribution in [1.29, 1.82) is 0 Å². The Morgan fingerprint density at radius 2 is 1.91 bits per heavy atom. The summed E-state index contributed by atoms with van der Waals surface area (Å²) < 4.78 is 16.3. The highest BCUT2D eigenvalue weighted by molar-refractivity contribution is 6.03. The number of benzene rings is 2. The van der Waals surface area contributed by atoms with Crippen molar-refractivity contribution in [3.05, 3.63) is 53.6 Å². The first-order chi connectivity index (χ1) is 10.7. The van der Waals surface area contributed by atoms with Crippen molar-refractivity contribution >= 4 is 5.78 Å². The van der Waals surface area contributed by atoms with Crippen LogP contribution in [0, 0.1) is 0 Å². The molecule has 0 saturated heterocycles. The van der Waals surface area contributed by atoms with Gasteiger partial charge in [-0.25, -0.2) is 0 Å². The number of carbonyl (C=O) groups is 1. The molecule has 0 spiro atoms. The number of aromatic hydroxyl groups is 1. The van der Waals surface area contributed by atoms with Gasteiger partial charge in [-0.1, -0.05) is 18.2 Å². The third-order valence-corrected chi connectivity index (χ3v) is 3.73. The van der Waals surface area contributed by atoms with Crippen LogP contribution in [0.15, 0.2) is 42.5 Å². The molecule has 5 nitrogen and oxygen atoms in total. The number of rotatable bonds is 3. The molecule has 0 fully saturated rings. The summed E-state index contributed by atoms with van der Waals surface area (Å²) in [7, 11) is 2.94. The van der Waals surface area contributed by atoms with Gasteiger partial charge >= 0.3 is 0 Å². The summed E-state index contributed by atoms with van der Waals surface area (Å²) in [5, 5.41) is 9.94. The second-order valence-corrected chi connectivity index (χ2v) is 4.99. The van der Waals surface area contributed by atoms with E-state index >= 15 is 0 Å². The fourth-order valence-corrected chi connectivity index (χ4v) is 2.62. The zero-order valence-electron chi connectivity index (χ0n) is 12.3. The van der Waals surface area contributed by atoms with E-state index in [1.165, 1.54) is 20.3 Å². The standard InChI is InChI=1S/C17H16O5/c1-20-14-8-7-10(9-12(14)18)16-17(21-2)15(19)11-5-3-4-6-13(11)22-16/h3-9,16-18H,1-2H3. The van der Waals surface area contributed by atoms with Crippen molar-refractivity contribution in [3.63, 3.8) is 0 Å². The first-order valence-corrected chi connectivity index (χ1v) is 6.85. The highest BCUT2D eigenvalue weighted by Crippen LogP contribution is 2.38. The van der Waals surface area contributed by atoms with E-state index in [2.05, 4.69) is 0 Å². The average molecular weight is 300 g/mol. The third kappa shape index (κ3) is 2.29. The minimum atomic E-state index is -0.761. The smallest absolute Gasteiger partial charge is 0.199 e. The van der Waals surface area contributed by atoms with Gasteiger partial charge in [-0.3, -0.25) is 4.79 Å². The molecule has 1 N–H and O–H groups in total.